The molecule has 1 fully saturated rings. The second kappa shape index (κ2) is 5.23. The van der Waals surface area contributed by atoms with Crippen LogP contribution in [-0.4, -0.2) is 28.1 Å². The van der Waals surface area contributed by atoms with Crippen LogP contribution in [0.2, 0.25) is 0 Å². The number of thioether (sulfide) groups is 1. The van der Waals surface area contributed by atoms with Crippen LogP contribution in [-0.2, 0) is 7.05 Å². The Hall–Kier alpha value is -0.480. The SMILES string of the molecule is CNC1CCCC(Sc2cc(C)nn2C)C1. The second-order valence-electron chi connectivity index (χ2n) is 4.64. The number of nitrogens with zero attached hydrogens (tertiary/aromatic N) is 2. The second-order valence-corrected chi connectivity index (χ2v) is 5.96. The molecule has 0 aliphatic heterocycles. The first-order chi connectivity index (χ1) is 7.69. The van der Waals surface area contributed by atoms with E-state index in [4.69, 9.17) is 0 Å². The molecule has 1 aromatic heterocycles. The monoisotopic (exact) mass is 239 g/mol. The summed E-state index contributed by atoms with van der Waals surface area (Å²) in [5, 5.41) is 9.86. The lowest BCUT2D eigenvalue weighted by Crippen LogP contribution is -2.32. The fourth-order valence-electron chi connectivity index (χ4n) is 2.38. The van der Waals surface area contributed by atoms with Gasteiger partial charge in [-0.05, 0) is 39.3 Å². The summed E-state index contributed by atoms with van der Waals surface area (Å²) in [7, 11) is 4.11. The van der Waals surface area contributed by atoms with E-state index < -0.39 is 0 Å². The molecule has 1 N–H and O–H groups in total. The van der Waals surface area contributed by atoms with E-state index in [2.05, 4.69) is 30.5 Å². The molecule has 3 nitrogen and oxygen atoms in total. The molecule has 0 spiro atoms. The fraction of sp³-hybridized carbons (Fsp3) is 0.750. The minimum absolute atomic E-state index is 0.709. The number of aryl methyl sites for hydroxylation is 2. The molecule has 0 saturated heterocycles. The summed E-state index contributed by atoms with van der Waals surface area (Å²) >= 11 is 1.99. The van der Waals surface area contributed by atoms with Gasteiger partial charge < -0.3 is 5.32 Å². The Morgan fingerprint density at radius 3 is 2.94 bits per heavy atom. The van der Waals surface area contributed by atoms with Crippen LogP contribution >= 0.6 is 11.8 Å². The van der Waals surface area contributed by atoms with E-state index in [9.17, 15) is 0 Å². The van der Waals surface area contributed by atoms with Crippen molar-refractivity contribution in [1.29, 1.82) is 0 Å². The van der Waals surface area contributed by atoms with Crippen LogP contribution in [0.5, 0.6) is 0 Å². The Morgan fingerprint density at radius 1 is 1.50 bits per heavy atom. The quantitative estimate of drug-likeness (QED) is 0.878. The third kappa shape index (κ3) is 2.80. The molecule has 0 aromatic carbocycles. The summed E-state index contributed by atoms with van der Waals surface area (Å²) in [5.41, 5.74) is 1.12. The number of hydrogen-bond donors (Lipinski definition) is 1. The normalized spacial score (nSPS) is 25.9. The summed E-state index contributed by atoms with van der Waals surface area (Å²) in [6.45, 7) is 2.06. The van der Waals surface area contributed by atoms with E-state index in [1.165, 1.54) is 30.7 Å². The molecule has 0 bridgehead atoms. The van der Waals surface area contributed by atoms with Crippen molar-refractivity contribution in [3.63, 3.8) is 0 Å². The van der Waals surface area contributed by atoms with Crippen molar-refractivity contribution in [1.82, 2.24) is 15.1 Å². The Bertz CT molecular complexity index is 348. The molecule has 2 unspecified atom stereocenters. The highest BCUT2D eigenvalue weighted by molar-refractivity contribution is 7.99. The zero-order valence-electron chi connectivity index (χ0n) is 10.4. The number of rotatable bonds is 3. The topological polar surface area (TPSA) is 29.9 Å². The van der Waals surface area contributed by atoms with Gasteiger partial charge in [-0.2, -0.15) is 5.10 Å². The van der Waals surface area contributed by atoms with Crippen molar-refractivity contribution >= 4 is 11.8 Å². The van der Waals surface area contributed by atoms with E-state index in [-0.39, 0.29) is 0 Å². The van der Waals surface area contributed by atoms with Gasteiger partial charge in [-0.3, -0.25) is 4.68 Å². The van der Waals surface area contributed by atoms with Crippen molar-refractivity contribution in [3.05, 3.63) is 11.8 Å². The van der Waals surface area contributed by atoms with E-state index in [0.29, 0.717) is 6.04 Å². The Labute approximate surface area is 102 Å². The van der Waals surface area contributed by atoms with E-state index in [1.54, 1.807) is 0 Å². The first kappa shape index (κ1) is 12.0. The number of nitrogens with one attached hydrogen (secondary N) is 1. The first-order valence-electron chi connectivity index (χ1n) is 6.03. The van der Waals surface area contributed by atoms with E-state index >= 15 is 0 Å². The van der Waals surface area contributed by atoms with Crippen molar-refractivity contribution in [3.8, 4) is 0 Å². The van der Waals surface area contributed by atoms with Crippen LogP contribution in [0.3, 0.4) is 0 Å². The van der Waals surface area contributed by atoms with E-state index in [1.807, 2.05) is 23.5 Å². The zero-order chi connectivity index (χ0) is 11.5. The summed E-state index contributed by atoms with van der Waals surface area (Å²) in [6, 6.07) is 2.90. The highest BCUT2D eigenvalue weighted by atomic mass is 32.2. The molecule has 1 saturated carbocycles. The Morgan fingerprint density at radius 2 is 2.31 bits per heavy atom. The maximum atomic E-state index is 4.40. The standard InChI is InChI=1S/C12H21N3S/c1-9-7-12(15(3)14-9)16-11-6-4-5-10(8-11)13-2/h7,10-11,13H,4-6,8H2,1-3H3. The zero-order valence-corrected chi connectivity index (χ0v) is 11.2. The molecule has 1 aliphatic rings. The maximum Gasteiger partial charge on any atom is 0.0942 e. The molecule has 0 amide bonds. The van der Waals surface area contributed by atoms with Crippen molar-refractivity contribution in [2.75, 3.05) is 7.05 Å². The van der Waals surface area contributed by atoms with Crippen LogP contribution < -0.4 is 5.32 Å². The maximum absolute atomic E-state index is 4.40. The van der Waals surface area contributed by atoms with Crippen molar-refractivity contribution in [2.24, 2.45) is 7.05 Å². The molecule has 2 atom stereocenters. The molecule has 1 aromatic rings. The van der Waals surface area contributed by atoms with Gasteiger partial charge in [0.1, 0.15) is 0 Å². The summed E-state index contributed by atoms with van der Waals surface area (Å²) < 4.78 is 2.00. The molecule has 0 radical (unpaired) electrons. The lowest BCUT2D eigenvalue weighted by atomic mass is 9.95. The summed E-state index contributed by atoms with van der Waals surface area (Å²) in [6.07, 6.45) is 5.30. The smallest absolute Gasteiger partial charge is 0.0942 e. The van der Waals surface area contributed by atoms with Gasteiger partial charge >= 0.3 is 0 Å². The Kier molecular flexibility index (Phi) is 3.92. The van der Waals surface area contributed by atoms with Gasteiger partial charge in [0.25, 0.3) is 0 Å². The van der Waals surface area contributed by atoms with Gasteiger partial charge in [-0.15, -0.1) is 11.8 Å². The van der Waals surface area contributed by atoms with Crippen LogP contribution in [0, 0.1) is 6.92 Å². The van der Waals surface area contributed by atoms with Crippen LogP contribution in [0.4, 0.5) is 0 Å². The predicted molar refractivity (Wildman–Crippen MR) is 68.9 cm³/mol. The average Bonchev–Trinajstić information content (AvgIpc) is 2.58. The summed E-state index contributed by atoms with van der Waals surface area (Å²) in [5.74, 6) is 0. The lowest BCUT2D eigenvalue weighted by molar-refractivity contribution is 0.402. The van der Waals surface area contributed by atoms with Crippen molar-refractivity contribution in [2.45, 2.75) is 48.9 Å². The highest BCUT2D eigenvalue weighted by Crippen LogP contribution is 2.33. The molecule has 90 valence electrons. The number of aromatic nitrogens is 2. The molecular weight excluding hydrogens is 218 g/mol. The minimum Gasteiger partial charge on any atom is -0.317 e. The molecule has 4 heteroatoms. The van der Waals surface area contributed by atoms with Gasteiger partial charge in [0.15, 0.2) is 0 Å². The molecule has 16 heavy (non-hydrogen) atoms. The van der Waals surface area contributed by atoms with Crippen molar-refractivity contribution < 1.29 is 0 Å². The van der Waals surface area contributed by atoms with Crippen LogP contribution in [0.25, 0.3) is 0 Å². The molecular formula is C12H21N3S. The first-order valence-corrected chi connectivity index (χ1v) is 6.91. The molecule has 1 aliphatic carbocycles. The largest absolute Gasteiger partial charge is 0.317 e. The minimum atomic E-state index is 0.709. The van der Waals surface area contributed by atoms with Gasteiger partial charge in [-0.25, -0.2) is 0 Å². The van der Waals surface area contributed by atoms with Gasteiger partial charge in [-0.1, -0.05) is 6.42 Å². The van der Waals surface area contributed by atoms with E-state index in [0.717, 1.165) is 10.9 Å². The molecule has 2 rings (SSSR count). The van der Waals surface area contributed by atoms with Gasteiger partial charge in [0.05, 0.1) is 10.7 Å². The predicted octanol–water partition coefficient (Wildman–Crippen LogP) is 2.35. The third-order valence-corrected chi connectivity index (χ3v) is 4.67. The van der Waals surface area contributed by atoms with Gasteiger partial charge in [0.2, 0.25) is 0 Å². The number of hydrogen-bond acceptors (Lipinski definition) is 3. The lowest BCUT2D eigenvalue weighted by Gasteiger charge is -2.28. The average molecular weight is 239 g/mol. The van der Waals surface area contributed by atoms with Gasteiger partial charge in [0, 0.05) is 18.3 Å². The Balaban J connectivity index is 1.96. The fourth-order valence-corrected chi connectivity index (χ4v) is 3.77. The van der Waals surface area contributed by atoms with Crippen LogP contribution in [0.15, 0.2) is 11.1 Å². The highest BCUT2D eigenvalue weighted by Gasteiger charge is 2.22. The summed E-state index contributed by atoms with van der Waals surface area (Å²) in [4.78, 5) is 0. The van der Waals surface area contributed by atoms with Crippen LogP contribution in [0.1, 0.15) is 31.4 Å². The molecule has 1 heterocycles. The third-order valence-electron chi connectivity index (χ3n) is 3.28.